The predicted octanol–water partition coefficient (Wildman–Crippen LogP) is 4.70. The number of aromatic nitrogens is 5. The van der Waals surface area contributed by atoms with E-state index in [4.69, 9.17) is 51.2 Å². The van der Waals surface area contributed by atoms with E-state index in [9.17, 15) is 24.0 Å². The van der Waals surface area contributed by atoms with E-state index in [2.05, 4.69) is 25.9 Å². The maximum absolute atomic E-state index is 13.5. The molecule has 4 heterocycles. The molecule has 0 saturated carbocycles. The van der Waals surface area contributed by atoms with Gasteiger partial charge in [0.2, 0.25) is 17.0 Å². The van der Waals surface area contributed by atoms with Crippen LogP contribution in [0.25, 0.3) is 11.2 Å². The van der Waals surface area contributed by atoms with E-state index in [1.807, 2.05) is 0 Å². The van der Waals surface area contributed by atoms with Gasteiger partial charge < -0.3 is 33.2 Å². The van der Waals surface area contributed by atoms with Crippen LogP contribution >= 0.6 is 22.9 Å². The number of halogens is 1. The molecule has 1 saturated heterocycles. The minimum atomic E-state index is -2.17. The highest BCUT2D eigenvalue weighted by Crippen LogP contribution is 2.44. The van der Waals surface area contributed by atoms with E-state index in [0.717, 1.165) is 20.2 Å². The summed E-state index contributed by atoms with van der Waals surface area (Å²) in [6.45, 7) is 12.9. The van der Waals surface area contributed by atoms with Gasteiger partial charge in [-0.2, -0.15) is 14.9 Å². The van der Waals surface area contributed by atoms with Gasteiger partial charge in [-0.3, -0.25) is 14.2 Å². The lowest BCUT2D eigenvalue weighted by molar-refractivity contribution is -0.178. The number of rotatable bonds is 10. The number of carbonyl (C=O) groups excluding carboxylic acids is 5. The number of ether oxygens (including phenoxy) is 7. The molecule has 1 fully saturated rings. The van der Waals surface area contributed by atoms with Gasteiger partial charge in [0.05, 0.1) is 30.7 Å². The number of thiazole rings is 1. The molecular weight excluding hydrogens is 740 g/mol. The highest BCUT2D eigenvalue weighted by molar-refractivity contribution is 7.07. The van der Waals surface area contributed by atoms with Crippen LogP contribution in [0.15, 0.2) is 17.2 Å². The average molecular weight is 779 g/mol. The number of esters is 3. The zero-order valence-electron chi connectivity index (χ0n) is 30.4. The van der Waals surface area contributed by atoms with Crippen molar-refractivity contribution in [2.45, 2.75) is 104 Å². The number of nitrogens with zero attached hydrogens (tertiary/aromatic N) is 6. The zero-order valence-corrected chi connectivity index (χ0v) is 32.0. The van der Waals surface area contributed by atoms with Gasteiger partial charge in [-0.15, -0.1) is 17.8 Å². The van der Waals surface area contributed by atoms with Gasteiger partial charge in [-0.05, 0) is 60.1 Å². The lowest BCUT2D eigenvalue weighted by atomic mass is 9.92. The van der Waals surface area contributed by atoms with Gasteiger partial charge in [-0.25, -0.2) is 24.4 Å². The number of hydrogen-bond donors (Lipinski definition) is 0. The number of carbonyl (C=O) groups is 5. The van der Waals surface area contributed by atoms with Crippen molar-refractivity contribution in [3.63, 3.8) is 0 Å². The molecule has 0 aliphatic carbocycles. The number of fused-ring (bicyclic) bond motifs is 1. The molecule has 0 radical (unpaired) electrons. The number of imidazole rings is 1. The minimum Gasteiger partial charge on any atom is -0.464 e. The van der Waals surface area contributed by atoms with Crippen molar-refractivity contribution in [1.29, 1.82) is 0 Å². The van der Waals surface area contributed by atoms with Crippen molar-refractivity contribution >= 4 is 70.0 Å². The molecule has 20 heteroatoms. The third kappa shape index (κ3) is 9.37. The number of anilines is 1. The lowest BCUT2D eigenvalue weighted by Crippen LogP contribution is -2.53. The highest BCUT2D eigenvalue weighted by atomic mass is 35.5. The van der Waals surface area contributed by atoms with Crippen LogP contribution in [0.5, 0.6) is 0 Å². The number of terminal acetylenes is 1. The Kier molecular flexibility index (Phi) is 12.3. The van der Waals surface area contributed by atoms with Crippen molar-refractivity contribution in [1.82, 2.24) is 24.5 Å². The van der Waals surface area contributed by atoms with Crippen molar-refractivity contribution in [2.24, 2.45) is 0 Å². The molecule has 53 heavy (non-hydrogen) atoms. The molecule has 1 unspecified atom stereocenters. The molecular formula is C33H39ClN6O12S. The van der Waals surface area contributed by atoms with E-state index in [1.165, 1.54) is 21.4 Å². The molecule has 1 aliphatic rings. The van der Waals surface area contributed by atoms with Crippen molar-refractivity contribution in [3.05, 3.63) is 28.2 Å². The Balaban J connectivity index is 1.87. The van der Waals surface area contributed by atoms with Crippen LogP contribution in [0.4, 0.5) is 15.4 Å². The lowest BCUT2D eigenvalue weighted by Gasteiger charge is -2.32. The molecule has 0 aromatic carbocycles. The highest BCUT2D eigenvalue weighted by Gasteiger charge is 2.62. The fraction of sp³-hybridized carbons (Fsp3) is 0.545. The van der Waals surface area contributed by atoms with Crippen molar-refractivity contribution in [2.75, 3.05) is 18.1 Å². The molecule has 0 N–H and O–H groups in total. The standard InChI is InChI=1S/C33H39ClN6O12S/c1-11-33(50-18(4)42)20(13-47-22(27(43)46-12-2)19-14-53-16-36-19)49-26(23(33)48-17(3)41)39-15-35-21-24(39)37-28(34)38-25(21)40(29(44)51-31(5,6)7)30(45)52-32(8,9)10/h1,14-16,20,22-23,26H,12-13H2,2-10H3/t20-,22?,23+,26-,33-/m1/s1. The van der Waals surface area contributed by atoms with Gasteiger partial charge in [0.1, 0.15) is 17.3 Å². The molecule has 286 valence electrons. The predicted molar refractivity (Wildman–Crippen MR) is 186 cm³/mol. The first kappa shape index (κ1) is 40.9. The largest absolute Gasteiger partial charge is 0.464 e. The molecule has 18 nitrogen and oxygen atoms in total. The summed E-state index contributed by atoms with van der Waals surface area (Å²) < 4.78 is 41.0. The second-order valence-electron chi connectivity index (χ2n) is 13.4. The number of amides is 2. The van der Waals surface area contributed by atoms with E-state index >= 15 is 0 Å². The van der Waals surface area contributed by atoms with Gasteiger partial charge in [0.25, 0.3) is 0 Å². The Labute approximate surface area is 313 Å². The Hall–Kier alpha value is -4.90. The van der Waals surface area contributed by atoms with Crippen molar-refractivity contribution < 1.29 is 57.1 Å². The van der Waals surface area contributed by atoms with Crippen LogP contribution < -0.4 is 4.90 Å². The Bertz CT molecular complexity index is 1870. The summed E-state index contributed by atoms with van der Waals surface area (Å²) in [4.78, 5) is 82.5. The number of hydrogen-bond acceptors (Lipinski definition) is 17. The molecule has 0 spiro atoms. The maximum atomic E-state index is 13.5. The summed E-state index contributed by atoms with van der Waals surface area (Å²) in [6.07, 6.45) is -0.982. The zero-order chi connectivity index (χ0) is 39.5. The Morgan fingerprint density at radius 3 is 2.21 bits per heavy atom. The third-order valence-corrected chi connectivity index (χ3v) is 7.72. The molecule has 5 atom stereocenters. The third-order valence-electron chi connectivity index (χ3n) is 6.94. The van der Waals surface area contributed by atoms with E-state index < -0.39 is 89.1 Å². The van der Waals surface area contributed by atoms with Crippen LogP contribution in [-0.2, 0) is 47.5 Å². The summed E-state index contributed by atoms with van der Waals surface area (Å²) >= 11 is 7.59. The second kappa shape index (κ2) is 16.0. The SMILES string of the molecule is C#C[C@@]1(OC(C)=O)[C@@H](COC(C(=O)OCC)c2cscn2)O[C@@H](n2cnc3c(N(C(=O)OC(C)(C)C)C(=O)OC(C)(C)C)nc(Cl)nc32)[C@@H]1OC(C)=O. The van der Waals surface area contributed by atoms with Gasteiger partial charge >= 0.3 is 30.1 Å². The van der Waals surface area contributed by atoms with Crippen molar-refractivity contribution in [3.8, 4) is 12.3 Å². The quantitative estimate of drug-likeness (QED) is 0.118. The second-order valence-corrected chi connectivity index (χ2v) is 14.4. The summed E-state index contributed by atoms with van der Waals surface area (Å²) in [6, 6.07) is 0. The molecule has 0 bridgehead atoms. The molecule has 4 rings (SSSR count). The topological polar surface area (TPSA) is 210 Å². The van der Waals surface area contributed by atoms with Crippen LogP contribution in [0.1, 0.15) is 80.3 Å². The first-order chi connectivity index (χ1) is 24.7. The monoisotopic (exact) mass is 778 g/mol. The smallest absolute Gasteiger partial charge is 0.425 e. The minimum absolute atomic E-state index is 0.0422. The maximum Gasteiger partial charge on any atom is 0.425 e. The van der Waals surface area contributed by atoms with E-state index in [1.54, 1.807) is 53.8 Å². The Morgan fingerprint density at radius 2 is 1.70 bits per heavy atom. The molecule has 3 aromatic rings. The van der Waals surface area contributed by atoms with E-state index in [-0.39, 0.29) is 23.5 Å². The van der Waals surface area contributed by atoms with Gasteiger partial charge in [-0.1, -0.05) is 5.92 Å². The van der Waals surface area contributed by atoms with Crippen LogP contribution in [0.2, 0.25) is 5.28 Å². The summed E-state index contributed by atoms with van der Waals surface area (Å²) in [7, 11) is 0. The van der Waals surface area contributed by atoms with Crippen LogP contribution in [0, 0.1) is 12.3 Å². The molecule has 2 amide bonds. The summed E-state index contributed by atoms with van der Waals surface area (Å²) in [5.41, 5.74) is -2.88. The van der Waals surface area contributed by atoms with Gasteiger partial charge in [0.15, 0.2) is 29.3 Å². The van der Waals surface area contributed by atoms with Gasteiger partial charge in [0, 0.05) is 19.2 Å². The average Bonchev–Trinajstić information content (AvgIpc) is 3.75. The fourth-order valence-electron chi connectivity index (χ4n) is 5.11. The first-order valence-electron chi connectivity index (χ1n) is 16.0. The molecule has 1 aliphatic heterocycles. The molecule has 3 aromatic heterocycles. The summed E-state index contributed by atoms with van der Waals surface area (Å²) in [5.74, 6) is -0.498. The summed E-state index contributed by atoms with van der Waals surface area (Å²) in [5, 5.41) is 1.12. The first-order valence-corrected chi connectivity index (χ1v) is 17.4. The van der Waals surface area contributed by atoms with E-state index in [0.29, 0.717) is 4.90 Å². The number of imide groups is 1. The Morgan fingerprint density at radius 1 is 1.06 bits per heavy atom. The van der Waals surface area contributed by atoms with Crippen LogP contribution in [0.3, 0.4) is 0 Å². The normalized spacial score (nSPS) is 20.6. The van der Waals surface area contributed by atoms with Crippen LogP contribution in [-0.4, -0.2) is 96.8 Å². The fourth-order valence-corrected chi connectivity index (χ4v) is 5.84.